The SMILES string of the molecule is CCOc1ncc(NS(=O)(=O)c2cc(C)ccc2OC)cn1. The molecule has 0 bridgehead atoms. The lowest BCUT2D eigenvalue weighted by Crippen LogP contribution is -2.14. The molecule has 118 valence electrons. The summed E-state index contributed by atoms with van der Waals surface area (Å²) in [6, 6.07) is 5.12. The van der Waals surface area contributed by atoms with Crippen molar-refractivity contribution < 1.29 is 17.9 Å². The fourth-order valence-electron chi connectivity index (χ4n) is 1.78. The van der Waals surface area contributed by atoms with E-state index in [4.69, 9.17) is 9.47 Å². The summed E-state index contributed by atoms with van der Waals surface area (Å²) >= 11 is 0. The Balaban J connectivity index is 2.29. The molecule has 0 saturated carbocycles. The predicted octanol–water partition coefficient (Wildman–Crippen LogP) is 1.99. The molecule has 8 heteroatoms. The van der Waals surface area contributed by atoms with E-state index in [0.29, 0.717) is 6.61 Å². The third kappa shape index (κ3) is 3.64. The molecular formula is C14H17N3O4S. The number of nitrogens with one attached hydrogen (secondary N) is 1. The Morgan fingerprint density at radius 2 is 1.91 bits per heavy atom. The number of hydrogen-bond donors (Lipinski definition) is 1. The zero-order valence-corrected chi connectivity index (χ0v) is 13.3. The Kier molecular flexibility index (Phi) is 4.81. The summed E-state index contributed by atoms with van der Waals surface area (Å²) in [7, 11) is -2.38. The normalized spacial score (nSPS) is 11.0. The third-order valence-corrected chi connectivity index (χ3v) is 4.16. The predicted molar refractivity (Wildman–Crippen MR) is 81.7 cm³/mol. The van der Waals surface area contributed by atoms with Crippen LogP contribution in [0.2, 0.25) is 0 Å². The van der Waals surface area contributed by atoms with Crippen LogP contribution >= 0.6 is 0 Å². The van der Waals surface area contributed by atoms with E-state index in [9.17, 15) is 8.42 Å². The average Bonchev–Trinajstić information content (AvgIpc) is 2.49. The van der Waals surface area contributed by atoms with Crippen molar-refractivity contribution in [1.82, 2.24) is 9.97 Å². The molecule has 0 atom stereocenters. The summed E-state index contributed by atoms with van der Waals surface area (Å²) in [5, 5.41) is 0. The maximum atomic E-state index is 12.5. The van der Waals surface area contributed by atoms with Crippen molar-refractivity contribution in [2.75, 3.05) is 18.4 Å². The van der Waals surface area contributed by atoms with Gasteiger partial charge in [-0.15, -0.1) is 0 Å². The lowest BCUT2D eigenvalue weighted by Gasteiger charge is -2.12. The first kappa shape index (κ1) is 16.0. The first-order chi connectivity index (χ1) is 10.5. The molecule has 0 radical (unpaired) electrons. The van der Waals surface area contributed by atoms with Crippen molar-refractivity contribution in [1.29, 1.82) is 0 Å². The van der Waals surface area contributed by atoms with Gasteiger partial charge in [0.15, 0.2) is 0 Å². The van der Waals surface area contributed by atoms with Gasteiger partial charge in [-0.1, -0.05) is 6.07 Å². The molecule has 0 saturated heterocycles. The van der Waals surface area contributed by atoms with Crippen LogP contribution in [-0.4, -0.2) is 32.1 Å². The largest absolute Gasteiger partial charge is 0.495 e. The van der Waals surface area contributed by atoms with Crippen molar-refractivity contribution in [3.8, 4) is 11.8 Å². The highest BCUT2D eigenvalue weighted by Crippen LogP contribution is 2.26. The van der Waals surface area contributed by atoms with Crippen LogP contribution in [0.4, 0.5) is 5.69 Å². The van der Waals surface area contributed by atoms with Crippen LogP contribution in [0.5, 0.6) is 11.8 Å². The molecule has 0 aliphatic heterocycles. The summed E-state index contributed by atoms with van der Waals surface area (Å²) in [6.45, 7) is 4.05. The smallest absolute Gasteiger partial charge is 0.316 e. The van der Waals surface area contributed by atoms with E-state index in [-0.39, 0.29) is 22.3 Å². The van der Waals surface area contributed by atoms with Gasteiger partial charge in [-0.05, 0) is 31.5 Å². The summed E-state index contributed by atoms with van der Waals surface area (Å²) in [5.74, 6) is 0.268. The minimum absolute atomic E-state index is 0.0592. The van der Waals surface area contributed by atoms with Gasteiger partial charge in [0.1, 0.15) is 10.6 Å². The fraction of sp³-hybridized carbons (Fsp3) is 0.286. The van der Waals surface area contributed by atoms with Crippen molar-refractivity contribution in [3.05, 3.63) is 36.2 Å². The summed E-state index contributed by atoms with van der Waals surface area (Å²) in [6.07, 6.45) is 2.69. The van der Waals surface area contributed by atoms with E-state index in [0.717, 1.165) is 5.56 Å². The van der Waals surface area contributed by atoms with Crippen molar-refractivity contribution in [3.63, 3.8) is 0 Å². The van der Waals surface area contributed by atoms with Crippen LogP contribution in [-0.2, 0) is 10.0 Å². The van der Waals surface area contributed by atoms with Crippen LogP contribution in [0.15, 0.2) is 35.5 Å². The molecule has 2 aromatic rings. The number of aromatic nitrogens is 2. The maximum Gasteiger partial charge on any atom is 0.316 e. The van der Waals surface area contributed by atoms with E-state index in [2.05, 4.69) is 14.7 Å². The number of anilines is 1. The van der Waals surface area contributed by atoms with Crippen LogP contribution < -0.4 is 14.2 Å². The summed E-state index contributed by atoms with van der Waals surface area (Å²) < 4.78 is 37.6. The molecule has 1 aromatic heterocycles. The molecule has 1 aromatic carbocycles. The minimum Gasteiger partial charge on any atom is -0.495 e. The molecule has 0 unspecified atom stereocenters. The maximum absolute atomic E-state index is 12.5. The molecule has 0 aliphatic rings. The van der Waals surface area contributed by atoms with Gasteiger partial charge in [0, 0.05) is 0 Å². The van der Waals surface area contributed by atoms with Gasteiger partial charge in [-0.25, -0.2) is 18.4 Å². The molecule has 1 N–H and O–H groups in total. The highest BCUT2D eigenvalue weighted by Gasteiger charge is 2.20. The second kappa shape index (κ2) is 6.61. The van der Waals surface area contributed by atoms with Gasteiger partial charge in [-0.2, -0.15) is 0 Å². The minimum atomic E-state index is -3.80. The number of nitrogens with zero attached hydrogens (tertiary/aromatic N) is 2. The fourth-order valence-corrected chi connectivity index (χ4v) is 3.06. The summed E-state index contributed by atoms with van der Waals surface area (Å²) in [4.78, 5) is 7.89. The van der Waals surface area contributed by atoms with Crippen LogP contribution in [0.1, 0.15) is 12.5 Å². The number of ether oxygens (including phenoxy) is 2. The van der Waals surface area contributed by atoms with Gasteiger partial charge >= 0.3 is 6.01 Å². The lowest BCUT2D eigenvalue weighted by molar-refractivity contribution is 0.312. The third-order valence-electron chi connectivity index (χ3n) is 2.76. The summed E-state index contributed by atoms with van der Waals surface area (Å²) in [5.41, 5.74) is 1.05. The number of aryl methyl sites for hydroxylation is 1. The van der Waals surface area contributed by atoms with Crippen molar-refractivity contribution >= 4 is 15.7 Å². The molecule has 1 heterocycles. The van der Waals surface area contributed by atoms with Crippen LogP contribution in [0, 0.1) is 6.92 Å². The Morgan fingerprint density at radius 3 is 2.50 bits per heavy atom. The average molecular weight is 323 g/mol. The van der Waals surface area contributed by atoms with Crippen molar-refractivity contribution in [2.24, 2.45) is 0 Å². The van der Waals surface area contributed by atoms with Gasteiger partial charge in [0.2, 0.25) is 0 Å². The second-order valence-electron chi connectivity index (χ2n) is 4.45. The standard InChI is InChI=1S/C14H17N3O4S/c1-4-21-14-15-8-11(9-16-14)17-22(18,19)13-7-10(2)5-6-12(13)20-3/h5-9,17H,4H2,1-3H3. The number of rotatable bonds is 6. The monoisotopic (exact) mass is 323 g/mol. The molecule has 22 heavy (non-hydrogen) atoms. The van der Waals surface area contributed by atoms with Gasteiger partial charge < -0.3 is 9.47 Å². The van der Waals surface area contributed by atoms with Crippen LogP contribution in [0.3, 0.4) is 0 Å². The van der Waals surface area contributed by atoms with E-state index < -0.39 is 10.0 Å². The molecule has 0 aliphatic carbocycles. The van der Waals surface area contributed by atoms with E-state index in [1.807, 2.05) is 6.92 Å². The Hall–Kier alpha value is -2.35. The van der Waals surface area contributed by atoms with E-state index in [1.54, 1.807) is 19.1 Å². The van der Waals surface area contributed by atoms with E-state index >= 15 is 0 Å². The zero-order valence-electron chi connectivity index (χ0n) is 12.5. The Labute approximate surface area is 129 Å². The number of sulfonamides is 1. The van der Waals surface area contributed by atoms with E-state index in [1.165, 1.54) is 25.6 Å². The highest BCUT2D eigenvalue weighted by atomic mass is 32.2. The molecule has 0 amide bonds. The first-order valence-electron chi connectivity index (χ1n) is 6.58. The molecule has 0 spiro atoms. The second-order valence-corrected chi connectivity index (χ2v) is 6.10. The Morgan fingerprint density at radius 1 is 1.23 bits per heavy atom. The van der Waals surface area contributed by atoms with Crippen molar-refractivity contribution in [2.45, 2.75) is 18.7 Å². The van der Waals surface area contributed by atoms with Gasteiger partial charge in [0.05, 0.1) is 31.8 Å². The topological polar surface area (TPSA) is 90.4 Å². The van der Waals surface area contributed by atoms with Gasteiger partial charge in [-0.3, -0.25) is 4.72 Å². The number of methoxy groups -OCH3 is 1. The lowest BCUT2D eigenvalue weighted by atomic mass is 10.2. The molecule has 0 fully saturated rings. The molecular weight excluding hydrogens is 306 g/mol. The first-order valence-corrected chi connectivity index (χ1v) is 8.07. The Bertz CT molecular complexity index is 745. The quantitative estimate of drug-likeness (QED) is 0.874. The molecule has 2 rings (SSSR count). The molecule has 7 nitrogen and oxygen atoms in total. The number of hydrogen-bond acceptors (Lipinski definition) is 6. The highest BCUT2D eigenvalue weighted by molar-refractivity contribution is 7.92. The number of benzene rings is 1. The zero-order chi connectivity index (χ0) is 16.2. The van der Waals surface area contributed by atoms with Crippen LogP contribution in [0.25, 0.3) is 0 Å². The van der Waals surface area contributed by atoms with Gasteiger partial charge in [0.25, 0.3) is 10.0 Å².